The largest absolute Gasteiger partial charge is 0.392 e. The number of amides is 1. The number of carbonyl (C=O) groups is 1. The lowest BCUT2D eigenvalue weighted by molar-refractivity contribution is -0.161. The maximum absolute atomic E-state index is 13.7. The minimum absolute atomic E-state index is 0.0869. The Bertz CT molecular complexity index is 702. The molecule has 2 aromatic carbocycles. The molecule has 3 nitrogen and oxygen atoms in total. The molecule has 1 amide bonds. The average Bonchev–Trinajstić information content (AvgIpc) is 2.69. The number of hydrogen-bond donors (Lipinski definition) is 1. The normalized spacial score (nSPS) is 26.5. The van der Waals surface area contributed by atoms with Gasteiger partial charge in [-0.25, -0.2) is 0 Å². The number of piperidine rings is 1. The molecule has 2 aromatic rings. The first-order chi connectivity index (χ1) is 12.7. The standard InChI is InChI=1S/C23H27NO2/c25-20-14-7-8-15-23(20)16-9-17-24(22(23)26)21(18-10-3-1-4-11-18)19-12-5-2-6-13-19/h1-6,10-13,20-21,25H,7-9,14-17H2/t20-,23+/m1/s1. The zero-order valence-corrected chi connectivity index (χ0v) is 15.2. The van der Waals surface area contributed by atoms with Crippen molar-refractivity contribution in [2.45, 2.75) is 50.7 Å². The first kappa shape index (κ1) is 17.3. The van der Waals surface area contributed by atoms with Gasteiger partial charge in [-0.15, -0.1) is 0 Å². The van der Waals surface area contributed by atoms with E-state index in [0.29, 0.717) is 0 Å². The highest BCUT2D eigenvalue weighted by atomic mass is 16.3. The molecule has 0 radical (unpaired) electrons. The Balaban J connectivity index is 1.75. The van der Waals surface area contributed by atoms with Gasteiger partial charge in [0.15, 0.2) is 0 Å². The van der Waals surface area contributed by atoms with Crippen LogP contribution in [0.15, 0.2) is 60.7 Å². The van der Waals surface area contributed by atoms with Gasteiger partial charge in [0.1, 0.15) is 0 Å². The van der Waals surface area contributed by atoms with Gasteiger partial charge in [0.2, 0.25) is 5.91 Å². The van der Waals surface area contributed by atoms with E-state index in [4.69, 9.17) is 0 Å². The quantitative estimate of drug-likeness (QED) is 0.896. The van der Waals surface area contributed by atoms with Gasteiger partial charge in [-0.1, -0.05) is 73.5 Å². The molecule has 1 aliphatic heterocycles. The topological polar surface area (TPSA) is 40.5 Å². The molecule has 2 fully saturated rings. The summed E-state index contributed by atoms with van der Waals surface area (Å²) in [4.78, 5) is 15.7. The highest BCUT2D eigenvalue weighted by Gasteiger charge is 2.51. The summed E-state index contributed by atoms with van der Waals surface area (Å²) >= 11 is 0. The molecule has 2 aliphatic rings. The first-order valence-electron chi connectivity index (χ1n) is 9.81. The van der Waals surface area contributed by atoms with Crippen LogP contribution in [0, 0.1) is 5.41 Å². The van der Waals surface area contributed by atoms with Crippen LogP contribution in [-0.4, -0.2) is 28.6 Å². The van der Waals surface area contributed by atoms with Crippen LogP contribution in [0.2, 0.25) is 0 Å². The van der Waals surface area contributed by atoms with Crippen LogP contribution in [0.25, 0.3) is 0 Å². The molecule has 4 rings (SSSR count). The summed E-state index contributed by atoms with van der Waals surface area (Å²) in [6, 6.07) is 20.5. The van der Waals surface area contributed by atoms with E-state index in [1.807, 2.05) is 41.3 Å². The van der Waals surface area contributed by atoms with Crippen LogP contribution in [0.3, 0.4) is 0 Å². The predicted molar refractivity (Wildman–Crippen MR) is 103 cm³/mol. The van der Waals surface area contributed by atoms with Gasteiger partial charge in [-0.2, -0.15) is 0 Å². The molecule has 1 aliphatic carbocycles. The Morgan fingerprint density at radius 3 is 2.04 bits per heavy atom. The number of nitrogens with zero attached hydrogens (tertiary/aromatic N) is 1. The van der Waals surface area contributed by atoms with E-state index in [2.05, 4.69) is 24.3 Å². The third-order valence-corrected chi connectivity index (χ3v) is 6.24. The summed E-state index contributed by atoms with van der Waals surface area (Å²) in [5.41, 5.74) is 1.70. The van der Waals surface area contributed by atoms with Gasteiger partial charge in [0.25, 0.3) is 0 Å². The van der Waals surface area contributed by atoms with Crippen LogP contribution in [0.1, 0.15) is 55.7 Å². The zero-order chi connectivity index (χ0) is 18.0. The summed E-state index contributed by atoms with van der Waals surface area (Å²) in [7, 11) is 0. The summed E-state index contributed by atoms with van der Waals surface area (Å²) in [6.45, 7) is 0.752. The zero-order valence-electron chi connectivity index (χ0n) is 15.2. The van der Waals surface area contributed by atoms with Gasteiger partial charge in [0, 0.05) is 6.54 Å². The van der Waals surface area contributed by atoms with Gasteiger partial charge >= 0.3 is 0 Å². The van der Waals surface area contributed by atoms with Crippen molar-refractivity contribution in [3.8, 4) is 0 Å². The number of aliphatic hydroxyl groups excluding tert-OH is 1. The summed E-state index contributed by atoms with van der Waals surface area (Å²) < 4.78 is 0. The van der Waals surface area contributed by atoms with Crippen molar-refractivity contribution >= 4 is 5.91 Å². The molecule has 0 unspecified atom stereocenters. The lowest BCUT2D eigenvalue weighted by Gasteiger charge is -2.49. The lowest BCUT2D eigenvalue weighted by Crippen LogP contribution is -2.56. The molecule has 0 bridgehead atoms. The monoisotopic (exact) mass is 349 g/mol. The first-order valence-corrected chi connectivity index (χ1v) is 9.81. The lowest BCUT2D eigenvalue weighted by atomic mass is 9.66. The second-order valence-electron chi connectivity index (χ2n) is 7.74. The van der Waals surface area contributed by atoms with E-state index in [1.54, 1.807) is 0 Å². The van der Waals surface area contributed by atoms with Crippen molar-refractivity contribution in [2.75, 3.05) is 6.54 Å². The molecular formula is C23H27NO2. The van der Waals surface area contributed by atoms with Gasteiger partial charge in [-0.05, 0) is 36.8 Å². The molecule has 0 aromatic heterocycles. The Kier molecular flexibility index (Phi) is 4.82. The molecular weight excluding hydrogens is 322 g/mol. The van der Waals surface area contributed by atoms with Crippen molar-refractivity contribution in [3.63, 3.8) is 0 Å². The number of likely N-dealkylation sites (tertiary alicyclic amines) is 1. The summed E-state index contributed by atoms with van der Waals surface area (Å²) in [6.07, 6.45) is 4.91. The molecule has 136 valence electrons. The molecule has 1 heterocycles. The predicted octanol–water partition coefficient (Wildman–Crippen LogP) is 4.32. The Labute approximate surface area is 155 Å². The minimum Gasteiger partial charge on any atom is -0.392 e. The SMILES string of the molecule is O=C1N(C(c2ccccc2)c2ccccc2)CCC[C@]12CCCC[C@H]2O. The van der Waals surface area contributed by atoms with Crippen molar-refractivity contribution in [1.82, 2.24) is 4.90 Å². The van der Waals surface area contributed by atoms with Crippen molar-refractivity contribution in [2.24, 2.45) is 5.41 Å². The van der Waals surface area contributed by atoms with E-state index in [0.717, 1.165) is 56.2 Å². The second-order valence-corrected chi connectivity index (χ2v) is 7.74. The Hall–Kier alpha value is -2.13. The Morgan fingerprint density at radius 1 is 0.885 bits per heavy atom. The molecule has 1 saturated heterocycles. The van der Waals surface area contributed by atoms with Crippen LogP contribution in [-0.2, 0) is 4.79 Å². The molecule has 26 heavy (non-hydrogen) atoms. The van der Waals surface area contributed by atoms with Crippen molar-refractivity contribution in [3.05, 3.63) is 71.8 Å². The minimum atomic E-state index is -0.571. The number of aliphatic hydroxyl groups is 1. The molecule has 1 spiro atoms. The van der Waals surface area contributed by atoms with Gasteiger partial charge < -0.3 is 10.0 Å². The van der Waals surface area contributed by atoms with Crippen molar-refractivity contribution in [1.29, 1.82) is 0 Å². The van der Waals surface area contributed by atoms with Crippen LogP contribution in [0.5, 0.6) is 0 Å². The third-order valence-electron chi connectivity index (χ3n) is 6.24. The van der Waals surface area contributed by atoms with Gasteiger partial charge in [0.05, 0.1) is 17.6 Å². The number of hydrogen-bond acceptors (Lipinski definition) is 2. The van der Waals surface area contributed by atoms with Crippen LogP contribution >= 0.6 is 0 Å². The molecule has 2 atom stereocenters. The molecule has 1 saturated carbocycles. The highest BCUT2D eigenvalue weighted by molar-refractivity contribution is 5.85. The fourth-order valence-corrected chi connectivity index (χ4v) is 4.89. The van der Waals surface area contributed by atoms with Gasteiger partial charge in [-0.3, -0.25) is 4.79 Å². The van der Waals surface area contributed by atoms with Crippen LogP contribution < -0.4 is 0 Å². The van der Waals surface area contributed by atoms with E-state index >= 15 is 0 Å². The maximum atomic E-state index is 13.7. The summed E-state index contributed by atoms with van der Waals surface area (Å²) in [5.74, 6) is 0.147. The number of rotatable bonds is 3. The van der Waals surface area contributed by atoms with Crippen molar-refractivity contribution < 1.29 is 9.90 Å². The van der Waals surface area contributed by atoms with E-state index in [1.165, 1.54) is 0 Å². The molecule has 1 N–H and O–H groups in total. The second kappa shape index (κ2) is 7.24. The summed E-state index contributed by atoms with van der Waals surface area (Å²) in [5, 5.41) is 10.7. The van der Waals surface area contributed by atoms with Crippen LogP contribution in [0.4, 0.5) is 0 Å². The number of carbonyl (C=O) groups excluding carboxylic acids is 1. The molecule has 3 heteroatoms. The fraction of sp³-hybridized carbons (Fsp3) is 0.435. The third kappa shape index (κ3) is 2.95. The maximum Gasteiger partial charge on any atom is 0.232 e. The smallest absolute Gasteiger partial charge is 0.232 e. The van der Waals surface area contributed by atoms with E-state index in [9.17, 15) is 9.90 Å². The number of benzene rings is 2. The van der Waals surface area contributed by atoms with E-state index in [-0.39, 0.29) is 11.9 Å². The fourth-order valence-electron chi connectivity index (χ4n) is 4.89. The highest BCUT2D eigenvalue weighted by Crippen LogP contribution is 2.47. The average molecular weight is 349 g/mol. The van der Waals surface area contributed by atoms with E-state index < -0.39 is 11.5 Å². The Morgan fingerprint density at radius 2 is 1.46 bits per heavy atom.